The minimum atomic E-state index is -1.14. The molecule has 0 aliphatic rings. The monoisotopic (exact) mass is 778 g/mol. The Kier molecular flexibility index (Phi) is 45.0. The summed E-state index contributed by atoms with van der Waals surface area (Å²) in [4.78, 5) is 12.5. The lowest BCUT2D eigenvalue weighted by Gasteiger charge is -2.26. The molecule has 5 heteroatoms. The zero-order chi connectivity index (χ0) is 40.1. The molecule has 3 atom stereocenters. The number of amides is 1. The predicted molar refractivity (Wildman–Crippen MR) is 241 cm³/mol. The van der Waals surface area contributed by atoms with E-state index in [1.165, 1.54) is 212 Å². The highest BCUT2D eigenvalue weighted by Gasteiger charge is 2.26. The first-order chi connectivity index (χ1) is 27.1. The Balaban J connectivity index is 3.57. The van der Waals surface area contributed by atoms with Gasteiger partial charge in [-0.3, -0.25) is 4.79 Å². The summed E-state index contributed by atoms with van der Waals surface area (Å²) in [6.45, 7) is 4.21. The molecule has 0 saturated carbocycles. The molecule has 0 aromatic heterocycles. The minimum Gasteiger partial charge on any atom is -0.394 e. The number of allylic oxidation sites excluding steroid dienone is 2. The molecule has 0 rings (SSSR count). The lowest BCUT2D eigenvalue weighted by molar-refractivity contribution is -0.124. The van der Waals surface area contributed by atoms with Gasteiger partial charge < -0.3 is 20.6 Å². The SMILES string of the molecule is CCCCCCCCCCCCCC/C=C\CCCCCCCCCC(=O)NC(CO)C(O)C(O)CCCCCCCCCCCCCCCCCCCC. The number of aliphatic hydroxyl groups excluding tert-OH is 3. The summed E-state index contributed by atoms with van der Waals surface area (Å²) in [6.07, 6.45) is 54.8. The van der Waals surface area contributed by atoms with Crippen LogP contribution in [-0.4, -0.2) is 46.1 Å². The number of aliphatic hydroxyl groups is 3. The number of unbranched alkanes of at least 4 members (excludes halogenated alkanes) is 36. The van der Waals surface area contributed by atoms with Crippen molar-refractivity contribution in [2.75, 3.05) is 6.61 Å². The third-order valence-corrected chi connectivity index (χ3v) is 11.9. The Morgan fingerprint density at radius 3 is 1.05 bits per heavy atom. The van der Waals surface area contributed by atoms with Crippen molar-refractivity contribution < 1.29 is 20.1 Å². The second-order valence-electron chi connectivity index (χ2n) is 17.4. The van der Waals surface area contributed by atoms with Gasteiger partial charge in [0, 0.05) is 6.42 Å². The lowest BCUT2D eigenvalue weighted by atomic mass is 9.99. The summed E-state index contributed by atoms with van der Waals surface area (Å²) in [5.41, 5.74) is 0. The summed E-state index contributed by atoms with van der Waals surface area (Å²) in [5.74, 6) is -0.145. The number of hydrogen-bond donors (Lipinski definition) is 4. The molecule has 0 aliphatic heterocycles. The maximum absolute atomic E-state index is 12.5. The Morgan fingerprint density at radius 2 is 0.727 bits per heavy atom. The van der Waals surface area contributed by atoms with Crippen LogP contribution in [0, 0.1) is 0 Å². The van der Waals surface area contributed by atoms with Crippen molar-refractivity contribution in [2.24, 2.45) is 0 Å². The van der Waals surface area contributed by atoms with Crippen LogP contribution in [0.5, 0.6) is 0 Å². The summed E-state index contributed by atoms with van der Waals surface area (Å²) in [6, 6.07) is -0.809. The van der Waals surface area contributed by atoms with Gasteiger partial charge in [0.05, 0.1) is 18.8 Å². The van der Waals surface area contributed by atoms with Crippen molar-refractivity contribution >= 4 is 5.91 Å². The van der Waals surface area contributed by atoms with Crippen LogP contribution in [0.1, 0.15) is 277 Å². The summed E-state index contributed by atoms with van der Waals surface area (Å²) in [5, 5.41) is 33.7. The standard InChI is InChI=1S/C50H99NO4/c1-3-5-7-9-11-13-15-17-19-21-23-24-25-26-27-29-31-33-35-37-39-41-43-45-49(54)51-47(46-52)50(55)48(53)44-42-40-38-36-34-32-30-28-22-20-18-16-14-12-10-8-6-4-2/h26-27,47-48,50,52-53,55H,3-25,28-46H2,1-2H3,(H,51,54)/b27-26-. The first-order valence-electron chi connectivity index (χ1n) is 25.0. The van der Waals surface area contributed by atoms with Gasteiger partial charge in [-0.15, -0.1) is 0 Å². The Hall–Kier alpha value is -0.910. The van der Waals surface area contributed by atoms with Gasteiger partial charge in [0.15, 0.2) is 0 Å². The average molecular weight is 778 g/mol. The van der Waals surface area contributed by atoms with E-state index in [0.29, 0.717) is 12.8 Å². The molecular formula is C50H99NO4. The first kappa shape index (κ1) is 54.1. The van der Waals surface area contributed by atoms with Crippen LogP contribution in [0.4, 0.5) is 0 Å². The molecule has 0 bridgehead atoms. The number of carbonyl (C=O) groups excluding carboxylic acids is 1. The largest absolute Gasteiger partial charge is 0.394 e. The zero-order valence-corrected chi connectivity index (χ0v) is 37.3. The van der Waals surface area contributed by atoms with E-state index in [-0.39, 0.29) is 12.5 Å². The molecule has 0 radical (unpaired) electrons. The third kappa shape index (κ3) is 41.1. The van der Waals surface area contributed by atoms with Crippen molar-refractivity contribution in [1.29, 1.82) is 0 Å². The average Bonchev–Trinajstić information content (AvgIpc) is 3.19. The third-order valence-electron chi connectivity index (χ3n) is 11.9. The Bertz CT molecular complexity index is 773. The fourth-order valence-electron chi connectivity index (χ4n) is 7.98. The summed E-state index contributed by atoms with van der Waals surface area (Å²) >= 11 is 0. The molecule has 5 nitrogen and oxygen atoms in total. The fourth-order valence-corrected chi connectivity index (χ4v) is 7.98. The topological polar surface area (TPSA) is 89.8 Å². The highest BCUT2D eigenvalue weighted by atomic mass is 16.3. The number of carbonyl (C=O) groups is 1. The molecule has 1 amide bonds. The highest BCUT2D eigenvalue weighted by Crippen LogP contribution is 2.17. The van der Waals surface area contributed by atoms with Gasteiger partial charge >= 0.3 is 0 Å². The van der Waals surface area contributed by atoms with Gasteiger partial charge in [0.25, 0.3) is 0 Å². The molecule has 55 heavy (non-hydrogen) atoms. The van der Waals surface area contributed by atoms with Crippen LogP contribution in [0.2, 0.25) is 0 Å². The van der Waals surface area contributed by atoms with E-state index in [9.17, 15) is 20.1 Å². The first-order valence-corrected chi connectivity index (χ1v) is 25.0. The van der Waals surface area contributed by atoms with Gasteiger partial charge in [-0.1, -0.05) is 244 Å². The van der Waals surface area contributed by atoms with Gasteiger partial charge in [-0.25, -0.2) is 0 Å². The van der Waals surface area contributed by atoms with E-state index in [1.807, 2.05) is 0 Å². The Morgan fingerprint density at radius 1 is 0.436 bits per heavy atom. The van der Waals surface area contributed by atoms with Crippen LogP contribution in [0.3, 0.4) is 0 Å². The van der Waals surface area contributed by atoms with E-state index >= 15 is 0 Å². The number of hydrogen-bond acceptors (Lipinski definition) is 4. The van der Waals surface area contributed by atoms with Crippen LogP contribution >= 0.6 is 0 Å². The minimum absolute atomic E-state index is 0.145. The van der Waals surface area contributed by atoms with E-state index < -0.39 is 18.2 Å². The molecule has 3 unspecified atom stereocenters. The Labute approximate surface area is 344 Å². The van der Waals surface area contributed by atoms with Crippen molar-refractivity contribution in [2.45, 2.75) is 295 Å². The molecule has 0 heterocycles. The van der Waals surface area contributed by atoms with E-state index in [4.69, 9.17) is 0 Å². The second-order valence-corrected chi connectivity index (χ2v) is 17.4. The fraction of sp³-hybridized carbons (Fsp3) is 0.940. The van der Waals surface area contributed by atoms with Gasteiger partial charge in [-0.2, -0.15) is 0 Å². The maximum atomic E-state index is 12.5. The van der Waals surface area contributed by atoms with Gasteiger partial charge in [0.1, 0.15) is 6.10 Å². The second kappa shape index (κ2) is 45.8. The molecule has 0 saturated heterocycles. The molecule has 0 fully saturated rings. The number of nitrogens with one attached hydrogen (secondary N) is 1. The predicted octanol–water partition coefficient (Wildman–Crippen LogP) is 14.8. The van der Waals surface area contributed by atoms with Gasteiger partial charge in [-0.05, 0) is 38.5 Å². The van der Waals surface area contributed by atoms with Crippen molar-refractivity contribution in [1.82, 2.24) is 5.32 Å². The molecule has 0 aromatic rings. The lowest BCUT2D eigenvalue weighted by Crippen LogP contribution is -2.50. The molecule has 0 spiro atoms. The highest BCUT2D eigenvalue weighted by molar-refractivity contribution is 5.76. The van der Waals surface area contributed by atoms with Crippen molar-refractivity contribution in [3.8, 4) is 0 Å². The normalized spacial score (nSPS) is 13.5. The molecular weight excluding hydrogens is 679 g/mol. The molecule has 0 aliphatic carbocycles. The number of rotatable bonds is 46. The molecule has 328 valence electrons. The van der Waals surface area contributed by atoms with Crippen LogP contribution in [0.25, 0.3) is 0 Å². The van der Waals surface area contributed by atoms with Gasteiger partial charge in [0.2, 0.25) is 5.91 Å². The van der Waals surface area contributed by atoms with Crippen LogP contribution in [0.15, 0.2) is 12.2 Å². The van der Waals surface area contributed by atoms with E-state index in [0.717, 1.165) is 38.5 Å². The zero-order valence-electron chi connectivity index (χ0n) is 37.3. The van der Waals surface area contributed by atoms with Crippen LogP contribution < -0.4 is 5.32 Å². The van der Waals surface area contributed by atoms with Crippen LogP contribution in [-0.2, 0) is 4.79 Å². The van der Waals surface area contributed by atoms with Crippen molar-refractivity contribution in [3.63, 3.8) is 0 Å². The molecule has 0 aromatic carbocycles. The summed E-state index contributed by atoms with van der Waals surface area (Å²) in [7, 11) is 0. The van der Waals surface area contributed by atoms with E-state index in [2.05, 4.69) is 31.3 Å². The quantitative estimate of drug-likeness (QED) is 0.0366. The molecule has 4 N–H and O–H groups in total. The smallest absolute Gasteiger partial charge is 0.220 e. The van der Waals surface area contributed by atoms with Crippen molar-refractivity contribution in [3.05, 3.63) is 12.2 Å². The maximum Gasteiger partial charge on any atom is 0.220 e. The van der Waals surface area contributed by atoms with E-state index in [1.54, 1.807) is 0 Å². The summed E-state index contributed by atoms with van der Waals surface area (Å²) < 4.78 is 0.